The maximum Gasteiger partial charge on any atom is 0.253 e. The highest BCUT2D eigenvalue weighted by molar-refractivity contribution is 5.80. The lowest BCUT2D eigenvalue weighted by Crippen LogP contribution is -2.35. The number of aryl methyl sites for hydroxylation is 2. The molecule has 1 fully saturated rings. The molecule has 1 aliphatic heterocycles. The molecular formula is C13H18N2O3. The Labute approximate surface area is 106 Å². The molecule has 5 nitrogen and oxygen atoms in total. The van der Waals surface area contributed by atoms with Crippen molar-refractivity contribution in [3.05, 3.63) is 33.2 Å². The van der Waals surface area contributed by atoms with Crippen LogP contribution < -0.4 is 10.9 Å². The van der Waals surface area contributed by atoms with Crippen LogP contribution in [0.3, 0.4) is 0 Å². The van der Waals surface area contributed by atoms with Gasteiger partial charge in [-0.3, -0.25) is 9.59 Å². The average Bonchev–Trinajstić information content (AvgIpc) is 2.80. The summed E-state index contributed by atoms with van der Waals surface area (Å²) < 4.78 is 5.28. The number of amides is 1. The summed E-state index contributed by atoms with van der Waals surface area (Å²) in [4.78, 5) is 26.3. The summed E-state index contributed by atoms with van der Waals surface area (Å²) in [5.74, 6) is -0.133. The van der Waals surface area contributed by atoms with E-state index in [1.807, 2.05) is 19.9 Å². The number of nitrogens with one attached hydrogen (secondary N) is 2. The van der Waals surface area contributed by atoms with Gasteiger partial charge in [-0.15, -0.1) is 0 Å². The number of pyridine rings is 1. The number of hydrogen-bond acceptors (Lipinski definition) is 3. The molecule has 1 saturated heterocycles. The molecule has 0 aliphatic carbocycles. The Kier molecular flexibility index (Phi) is 3.81. The summed E-state index contributed by atoms with van der Waals surface area (Å²) in [7, 11) is 0. The van der Waals surface area contributed by atoms with Gasteiger partial charge in [-0.25, -0.2) is 0 Å². The molecule has 2 N–H and O–H groups in total. The number of carbonyl (C=O) groups excluding carboxylic acids is 1. The van der Waals surface area contributed by atoms with Gasteiger partial charge in [0.25, 0.3) is 5.56 Å². The second-order valence-corrected chi connectivity index (χ2v) is 4.66. The Morgan fingerprint density at radius 1 is 1.56 bits per heavy atom. The highest BCUT2D eigenvalue weighted by Gasteiger charge is 2.23. The molecule has 0 radical (unpaired) electrons. The Balaban J connectivity index is 2.02. The van der Waals surface area contributed by atoms with Crippen molar-refractivity contribution >= 4 is 5.91 Å². The minimum atomic E-state index is -0.352. The van der Waals surface area contributed by atoms with E-state index in [0.717, 1.165) is 24.1 Å². The van der Waals surface area contributed by atoms with Gasteiger partial charge in [-0.1, -0.05) is 0 Å². The van der Waals surface area contributed by atoms with E-state index in [4.69, 9.17) is 4.74 Å². The van der Waals surface area contributed by atoms with Crippen molar-refractivity contribution in [1.29, 1.82) is 0 Å². The first-order valence-corrected chi connectivity index (χ1v) is 6.16. The number of ether oxygens (including phenoxy) is 1. The van der Waals surface area contributed by atoms with Crippen molar-refractivity contribution in [2.24, 2.45) is 0 Å². The molecular weight excluding hydrogens is 232 g/mol. The summed E-state index contributed by atoms with van der Waals surface area (Å²) in [5.41, 5.74) is 2.18. The van der Waals surface area contributed by atoms with Gasteiger partial charge in [0, 0.05) is 24.4 Å². The minimum absolute atomic E-state index is 0.133. The van der Waals surface area contributed by atoms with E-state index in [-0.39, 0.29) is 24.1 Å². The maximum absolute atomic E-state index is 11.8. The molecule has 5 heteroatoms. The Morgan fingerprint density at radius 2 is 2.33 bits per heavy atom. The molecule has 0 bridgehead atoms. The van der Waals surface area contributed by atoms with Crippen LogP contribution in [-0.4, -0.2) is 23.6 Å². The Morgan fingerprint density at radius 3 is 2.94 bits per heavy atom. The van der Waals surface area contributed by atoms with E-state index >= 15 is 0 Å². The molecule has 1 atom stereocenters. The Bertz CT molecular complexity index is 501. The molecule has 0 saturated carbocycles. The molecule has 2 rings (SSSR count). The van der Waals surface area contributed by atoms with Crippen molar-refractivity contribution in [1.82, 2.24) is 10.3 Å². The van der Waals surface area contributed by atoms with Crippen LogP contribution in [0.2, 0.25) is 0 Å². The quantitative estimate of drug-likeness (QED) is 0.833. The zero-order valence-electron chi connectivity index (χ0n) is 10.7. The molecule has 98 valence electrons. The monoisotopic (exact) mass is 250 g/mol. The smallest absolute Gasteiger partial charge is 0.253 e. The fraction of sp³-hybridized carbons (Fsp3) is 0.538. The van der Waals surface area contributed by atoms with Gasteiger partial charge in [-0.2, -0.15) is 0 Å². The van der Waals surface area contributed by atoms with Gasteiger partial charge in [-0.05, 0) is 38.3 Å². The van der Waals surface area contributed by atoms with Crippen LogP contribution in [-0.2, 0) is 16.1 Å². The average molecular weight is 250 g/mol. The normalized spacial score (nSPS) is 18.9. The van der Waals surface area contributed by atoms with E-state index in [9.17, 15) is 9.59 Å². The second kappa shape index (κ2) is 5.35. The molecule has 1 aliphatic rings. The lowest BCUT2D eigenvalue weighted by Gasteiger charge is -2.11. The zero-order chi connectivity index (χ0) is 13.1. The summed E-state index contributed by atoms with van der Waals surface area (Å²) in [6.07, 6.45) is 1.33. The van der Waals surface area contributed by atoms with Crippen molar-refractivity contribution in [2.75, 3.05) is 6.61 Å². The largest absolute Gasteiger partial charge is 0.368 e. The fourth-order valence-electron chi connectivity index (χ4n) is 2.18. The lowest BCUT2D eigenvalue weighted by atomic mass is 10.1. The maximum atomic E-state index is 11.8. The summed E-state index contributed by atoms with van der Waals surface area (Å²) in [6, 6.07) is 1.90. The van der Waals surface area contributed by atoms with Crippen molar-refractivity contribution in [3.8, 4) is 0 Å². The van der Waals surface area contributed by atoms with Crippen LogP contribution in [0.15, 0.2) is 10.9 Å². The first-order chi connectivity index (χ1) is 8.58. The van der Waals surface area contributed by atoms with Gasteiger partial charge >= 0.3 is 0 Å². The predicted molar refractivity (Wildman–Crippen MR) is 67.4 cm³/mol. The van der Waals surface area contributed by atoms with E-state index in [1.165, 1.54) is 0 Å². The molecule has 2 heterocycles. The van der Waals surface area contributed by atoms with Gasteiger partial charge in [0.2, 0.25) is 5.91 Å². The minimum Gasteiger partial charge on any atom is -0.368 e. The SMILES string of the molecule is Cc1cc(C)c(CNC(=O)[C@H]2CCCO2)c(=O)[nH]1. The Hall–Kier alpha value is -1.62. The fourth-order valence-corrected chi connectivity index (χ4v) is 2.18. The highest BCUT2D eigenvalue weighted by atomic mass is 16.5. The van der Waals surface area contributed by atoms with Gasteiger partial charge in [0.1, 0.15) is 6.10 Å². The van der Waals surface area contributed by atoms with Gasteiger partial charge < -0.3 is 15.0 Å². The third kappa shape index (κ3) is 2.79. The van der Waals surface area contributed by atoms with E-state index in [2.05, 4.69) is 10.3 Å². The third-order valence-electron chi connectivity index (χ3n) is 3.16. The number of aromatic nitrogens is 1. The number of hydrogen-bond donors (Lipinski definition) is 2. The molecule has 1 aromatic rings. The molecule has 1 amide bonds. The molecule has 0 aromatic carbocycles. The first kappa shape index (κ1) is 12.8. The summed E-state index contributed by atoms with van der Waals surface area (Å²) in [5, 5.41) is 2.76. The van der Waals surface area contributed by atoms with E-state index in [0.29, 0.717) is 12.2 Å². The van der Waals surface area contributed by atoms with Crippen LogP contribution in [0.4, 0.5) is 0 Å². The van der Waals surface area contributed by atoms with Crippen LogP contribution in [0, 0.1) is 13.8 Å². The molecule has 18 heavy (non-hydrogen) atoms. The van der Waals surface area contributed by atoms with Crippen molar-refractivity contribution < 1.29 is 9.53 Å². The predicted octanol–water partition coefficient (Wildman–Crippen LogP) is 0.787. The van der Waals surface area contributed by atoms with E-state index < -0.39 is 0 Å². The summed E-state index contributed by atoms with van der Waals surface area (Å²) >= 11 is 0. The number of H-pyrrole nitrogens is 1. The van der Waals surface area contributed by atoms with Gasteiger partial charge in [0.15, 0.2) is 0 Å². The number of aromatic amines is 1. The highest BCUT2D eigenvalue weighted by Crippen LogP contribution is 2.12. The van der Waals surface area contributed by atoms with Gasteiger partial charge in [0.05, 0.1) is 0 Å². The first-order valence-electron chi connectivity index (χ1n) is 6.16. The van der Waals surface area contributed by atoms with Crippen molar-refractivity contribution in [3.63, 3.8) is 0 Å². The second-order valence-electron chi connectivity index (χ2n) is 4.66. The van der Waals surface area contributed by atoms with Crippen LogP contribution >= 0.6 is 0 Å². The zero-order valence-corrected chi connectivity index (χ0v) is 10.7. The number of rotatable bonds is 3. The lowest BCUT2D eigenvalue weighted by molar-refractivity contribution is -0.130. The summed E-state index contributed by atoms with van der Waals surface area (Å²) in [6.45, 7) is 4.60. The molecule has 0 unspecified atom stereocenters. The van der Waals surface area contributed by atoms with Crippen LogP contribution in [0.1, 0.15) is 29.7 Å². The standard InChI is InChI=1S/C13H18N2O3/c1-8-6-9(2)15-12(16)10(8)7-14-13(17)11-4-3-5-18-11/h6,11H,3-5,7H2,1-2H3,(H,14,17)(H,15,16)/t11-/m1/s1. The van der Waals surface area contributed by atoms with Crippen LogP contribution in [0.5, 0.6) is 0 Å². The number of carbonyl (C=O) groups is 1. The molecule has 0 spiro atoms. The topological polar surface area (TPSA) is 71.2 Å². The van der Waals surface area contributed by atoms with Crippen molar-refractivity contribution in [2.45, 2.75) is 39.3 Å². The van der Waals surface area contributed by atoms with E-state index in [1.54, 1.807) is 0 Å². The third-order valence-corrected chi connectivity index (χ3v) is 3.16. The molecule has 1 aromatic heterocycles. The van der Waals surface area contributed by atoms with Crippen LogP contribution in [0.25, 0.3) is 0 Å².